The van der Waals surface area contributed by atoms with Crippen LogP contribution in [0.15, 0.2) is 38.9 Å². The quantitative estimate of drug-likeness (QED) is 0.669. The zero-order valence-corrected chi connectivity index (χ0v) is 14.8. The highest BCUT2D eigenvalue weighted by Gasteiger charge is 2.14. The molecule has 0 amide bonds. The lowest BCUT2D eigenvalue weighted by Crippen LogP contribution is -1.97. The summed E-state index contributed by atoms with van der Waals surface area (Å²) in [6, 6.07) is 6.07. The molecule has 0 atom stereocenters. The lowest BCUT2D eigenvalue weighted by Gasteiger charge is -2.05. The van der Waals surface area contributed by atoms with Crippen LogP contribution < -0.4 is 5.32 Å². The average molecular weight is 381 g/mol. The molecule has 3 rings (SSSR count). The lowest BCUT2D eigenvalue weighted by atomic mass is 10.3. The number of fused-ring (bicyclic) bond motifs is 1. The van der Waals surface area contributed by atoms with Crippen molar-refractivity contribution in [3.63, 3.8) is 0 Å². The van der Waals surface area contributed by atoms with Crippen molar-refractivity contribution in [2.45, 2.75) is 23.4 Å². The maximum Gasteiger partial charge on any atom is 0.224 e. The van der Waals surface area contributed by atoms with E-state index < -0.39 is 0 Å². The highest BCUT2D eigenvalue weighted by Crippen LogP contribution is 2.37. The van der Waals surface area contributed by atoms with Gasteiger partial charge < -0.3 is 5.32 Å². The number of aromatic nitrogens is 3. The van der Waals surface area contributed by atoms with Gasteiger partial charge >= 0.3 is 0 Å². The van der Waals surface area contributed by atoms with Crippen molar-refractivity contribution < 1.29 is 0 Å². The summed E-state index contributed by atoms with van der Waals surface area (Å²) in [5.74, 6) is 0.640. The minimum Gasteiger partial charge on any atom is -0.357 e. The first kappa shape index (κ1) is 14.7. The predicted molar refractivity (Wildman–Crippen MR) is 92.4 cm³/mol. The molecule has 0 aliphatic rings. The second-order valence-electron chi connectivity index (χ2n) is 4.28. The predicted octanol–water partition coefficient (Wildman–Crippen LogP) is 4.60. The highest BCUT2D eigenvalue weighted by atomic mass is 79.9. The van der Waals surface area contributed by atoms with Gasteiger partial charge in [-0.3, -0.25) is 0 Å². The third-order valence-electron chi connectivity index (χ3n) is 2.90. The molecule has 0 aliphatic heterocycles. The van der Waals surface area contributed by atoms with Gasteiger partial charge in [-0.25, -0.2) is 15.0 Å². The molecule has 3 aromatic heterocycles. The van der Waals surface area contributed by atoms with Crippen LogP contribution in [0, 0.1) is 0 Å². The van der Waals surface area contributed by atoms with Crippen LogP contribution in [0.25, 0.3) is 10.2 Å². The van der Waals surface area contributed by atoms with E-state index in [0.29, 0.717) is 5.95 Å². The van der Waals surface area contributed by atoms with E-state index in [9.17, 15) is 0 Å². The Hall–Kier alpha value is -1.18. The fourth-order valence-corrected chi connectivity index (χ4v) is 4.24. The van der Waals surface area contributed by atoms with Crippen molar-refractivity contribution in [1.82, 2.24) is 15.0 Å². The van der Waals surface area contributed by atoms with Gasteiger partial charge in [0.25, 0.3) is 0 Å². The maximum absolute atomic E-state index is 4.59. The van der Waals surface area contributed by atoms with E-state index in [0.717, 1.165) is 31.2 Å². The van der Waals surface area contributed by atoms with Gasteiger partial charge in [0.15, 0.2) is 0 Å². The van der Waals surface area contributed by atoms with Crippen molar-refractivity contribution in [2.75, 3.05) is 12.4 Å². The molecule has 3 heterocycles. The number of anilines is 1. The molecule has 0 saturated heterocycles. The number of thiophene rings is 1. The SMILES string of the molecule is CCc1cc2c(Sc3ncccc3Br)nc(NC)nc2s1. The van der Waals surface area contributed by atoms with Gasteiger partial charge in [0.1, 0.15) is 14.9 Å². The second kappa shape index (κ2) is 6.29. The molecule has 108 valence electrons. The van der Waals surface area contributed by atoms with Crippen LogP contribution in [0.4, 0.5) is 5.95 Å². The Bertz CT molecular complexity index is 788. The van der Waals surface area contributed by atoms with Gasteiger partial charge in [0.2, 0.25) is 5.95 Å². The Morgan fingerprint density at radius 2 is 2.19 bits per heavy atom. The fourth-order valence-electron chi connectivity index (χ4n) is 1.85. The van der Waals surface area contributed by atoms with E-state index >= 15 is 0 Å². The van der Waals surface area contributed by atoms with Crippen LogP contribution in [0.3, 0.4) is 0 Å². The molecule has 0 bridgehead atoms. The van der Waals surface area contributed by atoms with Crippen molar-refractivity contribution in [3.8, 4) is 0 Å². The first-order valence-corrected chi connectivity index (χ1v) is 8.90. The second-order valence-corrected chi connectivity index (χ2v) is 7.23. The summed E-state index contributed by atoms with van der Waals surface area (Å²) in [6.07, 6.45) is 2.79. The molecule has 0 fully saturated rings. The Morgan fingerprint density at radius 3 is 2.90 bits per heavy atom. The number of aryl methyl sites for hydroxylation is 1. The van der Waals surface area contributed by atoms with Crippen molar-refractivity contribution in [1.29, 1.82) is 0 Å². The molecule has 0 aromatic carbocycles. The maximum atomic E-state index is 4.59. The van der Waals surface area contributed by atoms with Crippen molar-refractivity contribution >= 4 is 55.2 Å². The van der Waals surface area contributed by atoms with E-state index in [4.69, 9.17) is 0 Å². The molecule has 21 heavy (non-hydrogen) atoms. The van der Waals surface area contributed by atoms with Gasteiger partial charge in [-0.05, 0) is 52.3 Å². The number of rotatable bonds is 4. The number of halogens is 1. The molecular formula is C14H13BrN4S2. The molecule has 0 radical (unpaired) electrons. The van der Waals surface area contributed by atoms with E-state index in [1.54, 1.807) is 29.3 Å². The van der Waals surface area contributed by atoms with Crippen LogP contribution >= 0.6 is 39.0 Å². The van der Waals surface area contributed by atoms with E-state index in [1.165, 1.54) is 4.88 Å². The third-order valence-corrected chi connectivity index (χ3v) is 6.00. The summed E-state index contributed by atoms with van der Waals surface area (Å²) in [6.45, 7) is 2.15. The molecule has 0 saturated carbocycles. The molecule has 7 heteroatoms. The summed E-state index contributed by atoms with van der Waals surface area (Å²) in [5, 5.41) is 5.96. The molecule has 4 nitrogen and oxygen atoms in total. The molecular weight excluding hydrogens is 368 g/mol. The van der Waals surface area contributed by atoms with Gasteiger partial charge in [0.05, 0.1) is 4.47 Å². The summed E-state index contributed by atoms with van der Waals surface area (Å²) >= 11 is 6.81. The molecule has 0 aliphatic carbocycles. The van der Waals surface area contributed by atoms with E-state index in [1.807, 2.05) is 19.2 Å². The molecule has 0 unspecified atom stereocenters. The molecule has 3 aromatic rings. The smallest absolute Gasteiger partial charge is 0.224 e. The van der Waals surface area contributed by atoms with E-state index in [-0.39, 0.29) is 0 Å². The number of nitrogens with zero attached hydrogens (tertiary/aromatic N) is 3. The van der Waals surface area contributed by atoms with Crippen LogP contribution in [0.1, 0.15) is 11.8 Å². The molecule has 0 spiro atoms. The molecule has 1 N–H and O–H groups in total. The Kier molecular flexibility index (Phi) is 4.42. The van der Waals surface area contributed by atoms with E-state index in [2.05, 4.69) is 49.2 Å². The fraction of sp³-hybridized carbons (Fsp3) is 0.214. The summed E-state index contributed by atoms with van der Waals surface area (Å²) < 4.78 is 0.971. The highest BCUT2D eigenvalue weighted by molar-refractivity contribution is 9.10. The minimum atomic E-state index is 0.640. The Morgan fingerprint density at radius 1 is 1.33 bits per heavy atom. The van der Waals surface area contributed by atoms with Crippen molar-refractivity contribution in [3.05, 3.63) is 33.7 Å². The first-order valence-electron chi connectivity index (χ1n) is 6.48. The summed E-state index contributed by atoms with van der Waals surface area (Å²) in [5.41, 5.74) is 0. The van der Waals surface area contributed by atoms with Gasteiger partial charge in [-0.2, -0.15) is 0 Å². The zero-order valence-electron chi connectivity index (χ0n) is 11.6. The lowest BCUT2D eigenvalue weighted by molar-refractivity contribution is 1.07. The normalized spacial score (nSPS) is 11.0. The van der Waals surface area contributed by atoms with Crippen LogP contribution in [-0.2, 0) is 6.42 Å². The van der Waals surface area contributed by atoms with Crippen LogP contribution in [-0.4, -0.2) is 22.0 Å². The van der Waals surface area contributed by atoms with Crippen LogP contribution in [0.5, 0.6) is 0 Å². The number of hydrogen-bond acceptors (Lipinski definition) is 6. The van der Waals surface area contributed by atoms with Crippen molar-refractivity contribution in [2.24, 2.45) is 0 Å². The summed E-state index contributed by atoms with van der Waals surface area (Å²) in [4.78, 5) is 15.9. The van der Waals surface area contributed by atoms with Gasteiger partial charge in [-0.1, -0.05) is 6.92 Å². The monoisotopic (exact) mass is 380 g/mol. The Balaban J connectivity index is 2.11. The largest absolute Gasteiger partial charge is 0.357 e. The average Bonchev–Trinajstić information content (AvgIpc) is 2.92. The number of nitrogens with one attached hydrogen (secondary N) is 1. The summed E-state index contributed by atoms with van der Waals surface area (Å²) in [7, 11) is 1.83. The van der Waals surface area contributed by atoms with Gasteiger partial charge in [-0.15, -0.1) is 11.3 Å². The van der Waals surface area contributed by atoms with Crippen LogP contribution in [0.2, 0.25) is 0 Å². The Labute approximate surface area is 139 Å². The standard InChI is InChI=1S/C14H13BrN4S2/c1-3-8-7-9-11(20-8)18-14(16-2)19-12(9)21-13-10(15)5-4-6-17-13/h4-7H,3H2,1-2H3,(H,16,18,19). The third kappa shape index (κ3) is 3.04. The topological polar surface area (TPSA) is 50.7 Å². The number of hydrogen-bond donors (Lipinski definition) is 1. The first-order chi connectivity index (χ1) is 10.2. The zero-order chi connectivity index (χ0) is 14.8. The van der Waals surface area contributed by atoms with Gasteiger partial charge in [0, 0.05) is 23.5 Å². The minimum absolute atomic E-state index is 0.640. The number of pyridine rings is 1.